The minimum absolute atomic E-state index is 0.0114. The molecule has 0 aliphatic rings. The zero-order chi connectivity index (χ0) is 15.2. The maximum atomic E-state index is 11.8. The summed E-state index contributed by atoms with van der Waals surface area (Å²) < 4.78 is 5.31. The van der Waals surface area contributed by atoms with Gasteiger partial charge < -0.3 is 4.74 Å². The summed E-state index contributed by atoms with van der Waals surface area (Å²) in [6.45, 7) is 1.89. The van der Waals surface area contributed by atoms with Gasteiger partial charge in [-0.3, -0.25) is 14.9 Å². The van der Waals surface area contributed by atoms with Gasteiger partial charge in [0.15, 0.2) is 6.61 Å². The average molecular weight is 303 g/mol. The van der Waals surface area contributed by atoms with Gasteiger partial charge in [-0.15, -0.1) is 0 Å². The van der Waals surface area contributed by atoms with Crippen molar-refractivity contribution in [2.24, 2.45) is 0 Å². The maximum absolute atomic E-state index is 11.8. The van der Waals surface area contributed by atoms with Gasteiger partial charge >= 0.3 is 0 Å². The number of ether oxygens (including phenoxy) is 1. The molecular weight excluding hydrogens is 290 g/mol. The molecule has 0 heterocycles. The second-order valence-corrected chi connectivity index (χ2v) is 5.46. The molecule has 0 spiro atoms. The molecule has 0 bridgehead atoms. The molecule has 0 aliphatic carbocycles. The van der Waals surface area contributed by atoms with Crippen LogP contribution in [0.3, 0.4) is 0 Å². The Labute approximate surface area is 126 Å². The van der Waals surface area contributed by atoms with E-state index in [1.54, 1.807) is 0 Å². The van der Waals surface area contributed by atoms with E-state index in [4.69, 9.17) is 4.74 Å². The summed E-state index contributed by atoms with van der Waals surface area (Å²) in [5, 5.41) is 10.4. The van der Waals surface area contributed by atoms with Gasteiger partial charge in [-0.1, -0.05) is 17.7 Å². The normalized spacial score (nSPS) is 10.1. The number of nitrogens with zero attached hydrogens (tertiary/aromatic N) is 1. The third kappa shape index (κ3) is 4.61. The fourth-order valence-electron chi connectivity index (χ4n) is 1.57. The Hall–Kier alpha value is -2.34. The van der Waals surface area contributed by atoms with E-state index in [2.05, 4.69) is 0 Å². The van der Waals surface area contributed by atoms with Crippen molar-refractivity contribution in [1.29, 1.82) is 0 Å². The number of thioether (sulfide) groups is 1. The number of hydrogen-bond donors (Lipinski definition) is 0. The van der Waals surface area contributed by atoms with Crippen LogP contribution in [0.1, 0.15) is 5.56 Å². The van der Waals surface area contributed by atoms with Crippen LogP contribution < -0.4 is 4.74 Å². The Balaban J connectivity index is 1.86. The first-order valence-electron chi connectivity index (χ1n) is 6.19. The Kier molecular flexibility index (Phi) is 4.94. The lowest BCUT2D eigenvalue weighted by atomic mass is 10.2. The van der Waals surface area contributed by atoms with Crippen LogP contribution in [0.15, 0.2) is 53.4 Å². The molecule has 0 atom stereocenters. The second-order valence-electron chi connectivity index (χ2n) is 4.33. The third-order valence-corrected chi connectivity index (χ3v) is 3.51. The van der Waals surface area contributed by atoms with Crippen molar-refractivity contribution >= 4 is 22.6 Å². The minimum Gasteiger partial charge on any atom is -0.485 e. The van der Waals surface area contributed by atoms with Gasteiger partial charge in [0, 0.05) is 17.0 Å². The monoisotopic (exact) mass is 303 g/mol. The Morgan fingerprint density at radius 3 is 2.33 bits per heavy atom. The molecule has 2 rings (SSSR count). The van der Waals surface area contributed by atoms with Gasteiger partial charge in [-0.25, -0.2) is 0 Å². The minimum atomic E-state index is -0.484. The summed E-state index contributed by atoms with van der Waals surface area (Å²) in [4.78, 5) is 22.7. The first-order chi connectivity index (χ1) is 10.0. The SMILES string of the molecule is Cc1ccc(SC(=O)COc2ccc([N+](=O)[O-])cc2)cc1. The zero-order valence-electron chi connectivity index (χ0n) is 11.3. The van der Waals surface area contributed by atoms with Crippen molar-refractivity contribution in [2.75, 3.05) is 6.61 Å². The predicted molar refractivity (Wildman–Crippen MR) is 80.6 cm³/mol. The molecule has 0 unspecified atom stereocenters. The number of carbonyl (C=O) groups is 1. The number of nitro benzene ring substituents is 1. The van der Waals surface area contributed by atoms with Crippen LogP contribution in [0, 0.1) is 17.0 Å². The van der Waals surface area contributed by atoms with Crippen LogP contribution >= 0.6 is 11.8 Å². The van der Waals surface area contributed by atoms with E-state index < -0.39 is 4.92 Å². The Morgan fingerprint density at radius 1 is 1.14 bits per heavy atom. The van der Waals surface area contributed by atoms with Crippen molar-refractivity contribution < 1.29 is 14.5 Å². The Morgan fingerprint density at radius 2 is 1.76 bits per heavy atom. The lowest BCUT2D eigenvalue weighted by molar-refractivity contribution is -0.384. The topological polar surface area (TPSA) is 69.4 Å². The predicted octanol–water partition coefficient (Wildman–Crippen LogP) is 3.60. The Bertz CT molecular complexity index is 638. The van der Waals surface area contributed by atoms with Crippen LogP contribution in [-0.2, 0) is 4.79 Å². The molecule has 0 saturated heterocycles. The fourth-order valence-corrected chi connectivity index (χ4v) is 2.23. The summed E-state index contributed by atoms with van der Waals surface area (Å²) in [6, 6.07) is 13.3. The van der Waals surface area contributed by atoms with E-state index in [1.165, 1.54) is 24.3 Å². The summed E-state index contributed by atoms with van der Waals surface area (Å²) >= 11 is 1.11. The standard InChI is InChI=1S/C15H13NO4S/c1-11-2-8-14(9-3-11)21-15(17)10-20-13-6-4-12(5-7-13)16(18)19/h2-9H,10H2,1H3. The number of non-ortho nitro benzene ring substituents is 1. The molecular formula is C15H13NO4S. The molecule has 2 aromatic carbocycles. The van der Waals surface area contributed by atoms with Gasteiger partial charge in [0.2, 0.25) is 5.12 Å². The van der Waals surface area contributed by atoms with E-state index >= 15 is 0 Å². The molecule has 0 N–H and O–H groups in total. The molecule has 108 valence electrons. The molecule has 5 nitrogen and oxygen atoms in total. The van der Waals surface area contributed by atoms with Crippen LogP contribution in [0.2, 0.25) is 0 Å². The van der Waals surface area contributed by atoms with E-state index in [1.807, 2.05) is 31.2 Å². The van der Waals surface area contributed by atoms with E-state index in [9.17, 15) is 14.9 Å². The van der Waals surface area contributed by atoms with Crippen LogP contribution in [-0.4, -0.2) is 16.6 Å². The molecule has 0 saturated carbocycles. The number of nitro groups is 1. The molecule has 2 aromatic rings. The lowest BCUT2D eigenvalue weighted by Crippen LogP contribution is -2.07. The van der Waals surface area contributed by atoms with Gasteiger partial charge in [0.05, 0.1) is 4.92 Å². The molecule has 0 radical (unpaired) electrons. The second kappa shape index (κ2) is 6.90. The molecule has 0 aliphatic heterocycles. The molecule has 0 aromatic heterocycles. The quantitative estimate of drug-likeness (QED) is 0.479. The number of carbonyl (C=O) groups excluding carboxylic acids is 1. The molecule has 21 heavy (non-hydrogen) atoms. The van der Waals surface area contributed by atoms with Crippen LogP contribution in [0.5, 0.6) is 5.75 Å². The molecule has 0 fully saturated rings. The first-order valence-corrected chi connectivity index (χ1v) is 7.01. The van der Waals surface area contributed by atoms with Gasteiger partial charge in [0.25, 0.3) is 5.69 Å². The largest absolute Gasteiger partial charge is 0.485 e. The number of benzene rings is 2. The van der Waals surface area contributed by atoms with Gasteiger partial charge in [-0.2, -0.15) is 0 Å². The highest BCUT2D eigenvalue weighted by atomic mass is 32.2. The van der Waals surface area contributed by atoms with Crippen molar-refractivity contribution in [1.82, 2.24) is 0 Å². The summed E-state index contributed by atoms with van der Waals surface area (Å²) in [5.74, 6) is 0.429. The smallest absolute Gasteiger partial charge is 0.269 e. The van der Waals surface area contributed by atoms with E-state index in [-0.39, 0.29) is 17.4 Å². The third-order valence-electron chi connectivity index (χ3n) is 2.66. The lowest BCUT2D eigenvalue weighted by Gasteiger charge is -2.05. The fraction of sp³-hybridized carbons (Fsp3) is 0.133. The number of rotatable bonds is 5. The average Bonchev–Trinajstić information content (AvgIpc) is 2.48. The first kappa shape index (κ1) is 15.1. The van der Waals surface area contributed by atoms with Crippen molar-refractivity contribution in [3.8, 4) is 5.75 Å². The van der Waals surface area contributed by atoms with Gasteiger partial charge in [0.1, 0.15) is 5.75 Å². The van der Waals surface area contributed by atoms with Crippen molar-refractivity contribution in [3.05, 3.63) is 64.2 Å². The van der Waals surface area contributed by atoms with E-state index in [0.717, 1.165) is 22.2 Å². The maximum Gasteiger partial charge on any atom is 0.269 e. The van der Waals surface area contributed by atoms with Crippen molar-refractivity contribution in [3.63, 3.8) is 0 Å². The highest BCUT2D eigenvalue weighted by molar-refractivity contribution is 8.13. The summed E-state index contributed by atoms with van der Waals surface area (Å²) in [6.07, 6.45) is 0. The van der Waals surface area contributed by atoms with E-state index in [0.29, 0.717) is 5.75 Å². The van der Waals surface area contributed by atoms with Crippen LogP contribution in [0.4, 0.5) is 5.69 Å². The summed E-state index contributed by atoms with van der Waals surface area (Å²) in [5.41, 5.74) is 1.12. The molecule has 0 amide bonds. The summed E-state index contributed by atoms with van der Waals surface area (Å²) in [7, 11) is 0. The van der Waals surface area contributed by atoms with Gasteiger partial charge in [-0.05, 0) is 43.0 Å². The highest BCUT2D eigenvalue weighted by Crippen LogP contribution is 2.21. The highest BCUT2D eigenvalue weighted by Gasteiger charge is 2.08. The van der Waals surface area contributed by atoms with Crippen LogP contribution in [0.25, 0.3) is 0 Å². The number of aryl methyl sites for hydroxylation is 1. The zero-order valence-corrected chi connectivity index (χ0v) is 12.1. The van der Waals surface area contributed by atoms with Crippen molar-refractivity contribution in [2.45, 2.75) is 11.8 Å². The number of hydrogen-bond acceptors (Lipinski definition) is 5. The molecule has 6 heteroatoms.